The van der Waals surface area contributed by atoms with Gasteiger partial charge in [-0.2, -0.15) is 0 Å². The number of ether oxygens (including phenoxy) is 6. The van der Waals surface area contributed by atoms with Crippen molar-refractivity contribution in [2.75, 3.05) is 13.2 Å². The molecule has 348 valence electrons. The van der Waals surface area contributed by atoms with Gasteiger partial charge in [0, 0.05) is 47.0 Å². The third-order valence-corrected chi connectivity index (χ3v) is 12.3. The van der Waals surface area contributed by atoms with Crippen LogP contribution in [0, 0.1) is 0 Å². The molecule has 6 nitrogen and oxygen atoms in total. The molecule has 0 fully saturated rings. The van der Waals surface area contributed by atoms with Gasteiger partial charge in [0.15, 0.2) is 0 Å². The van der Waals surface area contributed by atoms with E-state index in [-0.39, 0.29) is 39.6 Å². The Hall–Kier alpha value is -3.82. The second-order valence-electron chi connectivity index (χ2n) is 15.2. The van der Waals surface area contributed by atoms with Gasteiger partial charge in [0.1, 0.15) is 74.1 Å². The van der Waals surface area contributed by atoms with Gasteiger partial charge in [-0.25, -0.2) is 0 Å². The highest BCUT2D eigenvalue weighted by atomic mass is 35.5. The highest BCUT2D eigenvalue weighted by molar-refractivity contribution is 6.19. The predicted octanol–water partition coefficient (Wildman–Crippen LogP) is 15.9. The largest absolute Gasteiger partial charge is 0.490 e. The Morgan fingerprint density at radius 3 is 0.591 bits per heavy atom. The van der Waals surface area contributed by atoms with E-state index in [1.54, 1.807) is 0 Å². The van der Waals surface area contributed by atoms with Crippen LogP contribution in [0.25, 0.3) is 0 Å². The van der Waals surface area contributed by atoms with E-state index in [2.05, 4.69) is 0 Å². The van der Waals surface area contributed by atoms with E-state index in [1.807, 2.05) is 121 Å². The quantitative estimate of drug-likeness (QED) is 0.0399. The Labute approximate surface area is 427 Å². The van der Waals surface area contributed by atoms with E-state index in [1.165, 1.54) is 0 Å². The van der Waals surface area contributed by atoms with Crippen LogP contribution in [0.2, 0.25) is 0 Å². The lowest BCUT2D eigenvalue weighted by molar-refractivity contribution is 0.295. The van der Waals surface area contributed by atoms with Crippen LogP contribution < -0.4 is 28.4 Å². The summed E-state index contributed by atoms with van der Waals surface area (Å²) in [6, 6.07) is 35.0. The molecule has 0 aliphatic carbocycles. The van der Waals surface area contributed by atoms with Crippen LogP contribution in [0.4, 0.5) is 0 Å². The van der Waals surface area contributed by atoms with Crippen molar-refractivity contribution < 1.29 is 28.4 Å². The zero-order valence-corrected chi connectivity index (χ0v) is 42.0. The summed E-state index contributed by atoms with van der Waals surface area (Å²) < 4.78 is 37.4. The zero-order chi connectivity index (χ0) is 46.7. The summed E-state index contributed by atoms with van der Waals surface area (Å²) in [5, 5.41) is 0. The van der Waals surface area contributed by atoms with Crippen LogP contribution in [-0.2, 0) is 73.5 Å². The fraction of sp³-hybridized carbons (Fsp3) is 0.269. The Morgan fingerprint density at radius 2 is 0.394 bits per heavy atom. The van der Waals surface area contributed by atoms with Gasteiger partial charge < -0.3 is 28.4 Å². The molecular weight excluding hydrogens is 1000 g/mol. The normalized spacial score (nSPS) is 11.2. The van der Waals surface area contributed by atoms with Crippen LogP contribution in [0.15, 0.2) is 121 Å². The van der Waals surface area contributed by atoms with Crippen molar-refractivity contribution in [1.82, 2.24) is 0 Å². The van der Waals surface area contributed by atoms with Gasteiger partial charge in [0.25, 0.3) is 0 Å². The van der Waals surface area contributed by atoms with Gasteiger partial charge in [0.05, 0.1) is 0 Å². The molecule has 6 aromatic rings. The van der Waals surface area contributed by atoms with Crippen LogP contribution in [-0.4, -0.2) is 13.2 Å². The van der Waals surface area contributed by atoms with Gasteiger partial charge in [-0.15, -0.1) is 92.8 Å². The van der Waals surface area contributed by atoms with Crippen molar-refractivity contribution in [3.05, 3.63) is 188 Å². The summed E-state index contributed by atoms with van der Waals surface area (Å²) >= 11 is 49.2. The number of halogens is 8. The fourth-order valence-electron chi connectivity index (χ4n) is 6.91. The second kappa shape index (κ2) is 27.2. The number of benzene rings is 6. The molecule has 0 aromatic heterocycles. The van der Waals surface area contributed by atoms with Crippen molar-refractivity contribution >= 4 is 92.8 Å². The van der Waals surface area contributed by atoms with Crippen molar-refractivity contribution in [1.29, 1.82) is 0 Å². The Morgan fingerprint density at radius 1 is 0.227 bits per heavy atom. The molecule has 0 N–H and O–H groups in total. The maximum Gasteiger partial charge on any atom is 0.120 e. The molecule has 0 atom stereocenters. The maximum absolute atomic E-state index is 6.25. The molecule has 0 aliphatic rings. The summed E-state index contributed by atoms with van der Waals surface area (Å²) in [5.74, 6) is 6.79. The molecule has 0 radical (unpaired) electrons. The van der Waals surface area contributed by atoms with Crippen molar-refractivity contribution in [2.24, 2.45) is 0 Å². The van der Waals surface area contributed by atoms with Crippen LogP contribution in [0.3, 0.4) is 0 Å². The lowest BCUT2D eigenvalue weighted by Gasteiger charge is -2.14. The summed E-state index contributed by atoms with van der Waals surface area (Å²) in [6.45, 7) is 1.68. The molecule has 0 saturated heterocycles. The first kappa shape index (κ1) is 51.6. The van der Waals surface area contributed by atoms with Crippen LogP contribution in [0.1, 0.15) is 66.8 Å². The first-order chi connectivity index (χ1) is 32.2. The molecule has 6 rings (SSSR count). The van der Waals surface area contributed by atoms with E-state index >= 15 is 0 Å². The first-order valence-electron chi connectivity index (χ1n) is 20.9. The topological polar surface area (TPSA) is 55.4 Å². The summed E-state index contributed by atoms with van der Waals surface area (Å²) in [4.78, 5) is 0. The van der Waals surface area contributed by atoms with Crippen molar-refractivity contribution in [3.63, 3.8) is 0 Å². The minimum absolute atomic E-state index is 0.277. The molecular formula is C52H48Cl8O6. The molecule has 6 aromatic carbocycles. The number of hydrogen-bond donors (Lipinski definition) is 0. The van der Waals surface area contributed by atoms with E-state index in [0.29, 0.717) is 81.5 Å². The van der Waals surface area contributed by atoms with Gasteiger partial charge in [-0.3, -0.25) is 0 Å². The number of alkyl halides is 8. The Balaban J connectivity index is 1.14. The maximum atomic E-state index is 6.25. The molecule has 66 heavy (non-hydrogen) atoms. The Bertz CT molecular complexity index is 2120. The molecule has 0 heterocycles. The van der Waals surface area contributed by atoms with Crippen molar-refractivity contribution in [3.8, 4) is 34.5 Å². The SMILES string of the molecule is ClCc1cc(CCl)cc(OCc2cc(COc3cc(CCl)cc(CCl)c3)cc(OC/C=C\COc3cc(COc4cc(CCl)cc(CCl)c4)cc(COc4cc(CCl)cc(CCl)c4)c3)c2)c1. The third-order valence-electron chi connectivity index (χ3n) is 9.87. The standard InChI is InChI=1S/C52H48Cl8O6/c53-23-35-5-36(24-54)12-49(11-35)63-31-43-9-44(32-64-50-13-37(25-55)6-38(14-50)26-56)20-47(19-43)61-3-1-2-4-62-48-21-45(33-65-51-15-39(27-57)7-40(16-51)28-58)10-46(22-48)34-66-52-17-41(29-59)8-42(18-52)30-60/h1-2,5-22H,3-4,23-34H2/b2-1-. The molecule has 0 aliphatic heterocycles. The van der Waals surface area contributed by atoms with E-state index in [4.69, 9.17) is 121 Å². The predicted molar refractivity (Wildman–Crippen MR) is 273 cm³/mol. The fourth-order valence-corrected chi connectivity index (χ4v) is 8.15. The smallest absolute Gasteiger partial charge is 0.120 e. The number of hydrogen-bond acceptors (Lipinski definition) is 6. The third kappa shape index (κ3) is 16.5. The second-order valence-corrected chi connectivity index (χ2v) is 17.4. The molecule has 0 spiro atoms. The summed E-state index contributed by atoms with van der Waals surface area (Å²) in [6.07, 6.45) is 3.81. The summed E-state index contributed by atoms with van der Waals surface area (Å²) in [7, 11) is 0. The van der Waals surface area contributed by atoms with E-state index < -0.39 is 0 Å². The summed E-state index contributed by atoms with van der Waals surface area (Å²) in [5.41, 5.74) is 11.0. The van der Waals surface area contributed by atoms with Gasteiger partial charge >= 0.3 is 0 Å². The van der Waals surface area contributed by atoms with E-state index in [0.717, 1.165) is 66.8 Å². The van der Waals surface area contributed by atoms with Crippen molar-refractivity contribution in [2.45, 2.75) is 73.5 Å². The number of rotatable bonds is 26. The average Bonchev–Trinajstić information content (AvgIpc) is 3.36. The van der Waals surface area contributed by atoms with E-state index in [9.17, 15) is 0 Å². The van der Waals surface area contributed by atoms with Crippen LogP contribution in [0.5, 0.6) is 34.5 Å². The highest BCUT2D eigenvalue weighted by Gasteiger charge is 2.11. The molecule has 14 heteroatoms. The molecule has 0 unspecified atom stereocenters. The van der Waals surface area contributed by atoms with Crippen LogP contribution >= 0.6 is 92.8 Å². The molecule has 0 bridgehead atoms. The zero-order valence-electron chi connectivity index (χ0n) is 35.9. The molecule has 0 amide bonds. The van der Waals surface area contributed by atoms with Gasteiger partial charge in [0.2, 0.25) is 0 Å². The molecule has 0 saturated carbocycles. The lowest BCUT2D eigenvalue weighted by Crippen LogP contribution is -2.04. The minimum atomic E-state index is 0.277. The Kier molecular flexibility index (Phi) is 21.3. The van der Waals surface area contributed by atoms with Gasteiger partial charge in [-0.1, -0.05) is 24.3 Å². The first-order valence-corrected chi connectivity index (χ1v) is 25.2. The monoisotopic (exact) mass is 1050 g/mol. The minimum Gasteiger partial charge on any atom is -0.490 e. The lowest BCUT2D eigenvalue weighted by atomic mass is 10.1. The van der Waals surface area contributed by atoms with Gasteiger partial charge in [-0.05, 0) is 164 Å². The highest BCUT2D eigenvalue weighted by Crippen LogP contribution is 2.28. The average molecular weight is 1050 g/mol.